The van der Waals surface area contributed by atoms with Crippen LogP contribution in [0.1, 0.15) is 15.9 Å². The average molecular weight is 350 g/mol. The topological polar surface area (TPSA) is 75.3 Å². The molecule has 122 valence electrons. The van der Waals surface area contributed by atoms with Gasteiger partial charge in [0.1, 0.15) is 0 Å². The van der Waals surface area contributed by atoms with E-state index in [1.807, 2.05) is 30.5 Å². The van der Waals surface area contributed by atoms with Crippen molar-refractivity contribution in [3.8, 4) is 0 Å². The van der Waals surface area contributed by atoms with Gasteiger partial charge in [-0.3, -0.25) is 9.52 Å². The molecule has 0 unspecified atom stereocenters. The van der Waals surface area contributed by atoms with Crippen molar-refractivity contribution in [2.75, 3.05) is 22.6 Å². The second-order valence-corrected chi connectivity index (χ2v) is 7.60. The summed E-state index contributed by atoms with van der Waals surface area (Å²) in [7, 11) is -3.40. The molecule has 0 bridgehead atoms. The number of thioether (sulfide) groups is 1. The lowest BCUT2D eigenvalue weighted by molar-refractivity contribution is 0.102. The summed E-state index contributed by atoms with van der Waals surface area (Å²) < 4.78 is 25.2. The summed E-state index contributed by atoms with van der Waals surface area (Å²) in [5.74, 6) is -0.277. The van der Waals surface area contributed by atoms with Crippen molar-refractivity contribution >= 4 is 39.1 Å². The number of anilines is 2. The van der Waals surface area contributed by atoms with Crippen LogP contribution in [0.5, 0.6) is 0 Å². The van der Waals surface area contributed by atoms with E-state index in [9.17, 15) is 13.2 Å². The number of carbonyl (C=O) groups excluding carboxylic acids is 1. The lowest BCUT2D eigenvalue weighted by atomic mass is 10.1. The molecule has 0 fully saturated rings. The number of nitrogens with one attached hydrogen (secondary N) is 2. The van der Waals surface area contributed by atoms with E-state index in [4.69, 9.17) is 0 Å². The molecule has 0 aliphatic rings. The largest absolute Gasteiger partial charge is 0.321 e. The molecular weight excluding hydrogens is 332 g/mol. The Bertz CT molecular complexity index is 833. The zero-order chi connectivity index (χ0) is 17.0. The van der Waals surface area contributed by atoms with Gasteiger partial charge in [-0.15, -0.1) is 11.8 Å². The van der Waals surface area contributed by atoms with Gasteiger partial charge < -0.3 is 5.32 Å². The molecule has 0 saturated heterocycles. The van der Waals surface area contributed by atoms with Crippen LogP contribution in [-0.2, 0) is 10.0 Å². The fourth-order valence-electron chi connectivity index (χ4n) is 2.13. The molecule has 0 saturated carbocycles. The first kappa shape index (κ1) is 17.4. The zero-order valence-corrected chi connectivity index (χ0v) is 14.7. The predicted octanol–water partition coefficient (Wildman–Crippen LogP) is 3.34. The lowest BCUT2D eigenvalue weighted by Crippen LogP contribution is -2.16. The van der Waals surface area contributed by atoms with E-state index in [1.54, 1.807) is 36.9 Å². The molecule has 0 aliphatic heterocycles. The van der Waals surface area contributed by atoms with Crippen LogP contribution in [0.2, 0.25) is 0 Å². The zero-order valence-electron chi connectivity index (χ0n) is 13.1. The fraction of sp³-hybridized carbons (Fsp3) is 0.188. The number of benzene rings is 2. The summed E-state index contributed by atoms with van der Waals surface area (Å²) in [5.41, 5.74) is 2.13. The molecule has 2 aromatic carbocycles. The molecule has 0 aliphatic carbocycles. The Morgan fingerprint density at radius 3 is 2.35 bits per heavy atom. The summed E-state index contributed by atoms with van der Waals surface area (Å²) in [6.07, 6.45) is 3.01. The predicted molar refractivity (Wildman–Crippen MR) is 95.8 cm³/mol. The first-order valence-corrected chi connectivity index (χ1v) is 9.95. The number of hydrogen-bond acceptors (Lipinski definition) is 4. The van der Waals surface area contributed by atoms with Gasteiger partial charge in [-0.05, 0) is 43.0 Å². The summed E-state index contributed by atoms with van der Waals surface area (Å²) >= 11 is 1.54. The van der Waals surface area contributed by atoms with Gasteiger partial charge in [0.25, 0.3) is 5.91 Å². The molecule has 1 amide bonds. The molecule has 5 nitrogen and oxygen atoms in total. The molecule has 0 atom stereocenters. The third kappa shape index (κ3) is 4.49. The fourth-order valence-corrected chi connectivity index (χ4v) is 3.30. The van der Waals surface area contributed by atoms with Gasteiger partial charge in [0.2, 0.25) is 10.0 Å². The molecule has 0 radical (unpaired) electrons. The Balaban J connectivity index is 2.31. The lowest BCUT2D eigenvalue weighted by Gasteiger charge is -2.13. The van der Waals surface area contributed by atoms with Gasteiger partial charge in [0.05, 0.1) is 17.6 Å². The van der Waals surface area contributed by atoms with Gasteiger partial charge >= 0.3 is 0 Å². The van der Waals surface area contributed by atoms with Crippen molar-refractivity contribution in [3.05, 3.63) is 53.6 Å². The minimum Gasteiger partial charge on any atom is -0.321 e. The van der Waals surface area contributed by atoms with Crippen LogP contribution in [0.25, 0.3) is 0 Å². The first-order valence-electron chi connectivity index (χ1n) is 6.83. The standard InChI is InChI=1S/C16H18N2O3S2/c1-11-12(7-6-9-13(11)18-23(3,20)21)16(19)17-14-8-4-5-10-15(14)22-2/h4-10,18H,1-3H3,(H,17,19). The van der Waals surface area contributed by atoms with Crippen LogP contribution in [0.4, 0.5) is 11.4 Å². The summed E-state index contributed by atoms with van der Waals surface area (Å²) in [6.45, 7) is 1.71. The molecule has 23 heavy (non-hydrogen) atoms. The molecule has 7 heteroatoms. The number of para-hydroxylation sites is 1. The van der Waals surface area contributed by atoms with Gasteiger partial charge in [0.15, 0.2) is 0 Å². The third-order valence-electron chi connectivity index (χ3n) is 3.23. The van der Waals surface area contributed by atoms with E-state index in [0.717, 1.165) is 16.8 Å². The van der Waals surface area contributed by atoms with E-state index >= 15 is 0 Å². The van der Waals surface area contributed by atoms with Crippen molar-refractivity contribution in [3.63, 3.8) is 0 Å². The molecule has 2 rings (SSSR count). The van der Waals surface area contributed by atoms with Crippen molar-refractivity contribution in [1.82, 2.24) is 0 Å². The van der Waals surface area contributed by atoms with Crippen molar-refractivity contribution < 1.29 is 13.2 Å². The second kappa shape index (κ2) is 7.06. The molecule has 2 N–H and O–H groups in total. The van der Waals surface area contributed by atoms with Crippen LogP contribution in [-0.4, -0.2) is 26.8 Å². The Kier molecular flexibility index (Phi) is 5.33. The van der Waals surface area contributed by atoms with Crippen LogP contribution in [0, 0.1) is 6.92 Å². The van der Waals surface area contributed by atoms with E-state index < -0.39 is 10.0 Å². The van der Waals surface area contributed by atoms with Crippen LogP contribution < -0.4 is 10.0 Å². The summed E-state index contributed by atoms with van der Waals surface area (Å²) in [4.78, 5) is 13.5. The van der Waals surface area contributed by atoms with E-state index in [0.29, 0.717) is 16.8 Å². The Morgan fingerprint density at radius 2 is 1.70 bits per heavy atom. The maximum absolute atomic E-state index is 12.5. The number of hydrogen-bond donors (Lipinski definition) is 2. The first-order chi connectivity index (χ1) is 10.8. The van der Waals surface area contributed by atoms with Crippen LogP contribution in [0.15, 0.2) is 47.4 Å². The Hall–Kier alpha value is -1.99. The minimum absolute atomic E-state index is 0.277. The highest BCUT2D eigenvalue weighted by Crippen LogP contribution is 2.26. The summed E-state index contributed by atoms with van der Waals surface area (Å²) in [6, 6.07) is 12.5. The molecule has 0 aromatic heterocycles. The summed E-state index contributed by atoms with van der Waals surface area (Å²) in [5, 5.41) is 2.87. The number of amides is 1. The van der Waals surface area contributed by atoms with Gasteiger partial charge in [0, 0.05) is 10.5 Å². The van der Waals surface area contributed by atoms with Gasteiger partial charge in [-0.1, -0.05) is 18.2 Å². The van der Waals surface area contributed by atoms with Crippen LogP contribution >= 0.6 is 11.8 Å². The second-order valence-electron chi connectivity index (χ2n) is 5.01. The van der Waals surface area contributed by atoms with E-state index in [2.05, 4.69) is 10.0 Å². The normalized spacial score (nSPS) is 11.1. The maximum Gasteiger partial charge on any atom is 0.256 e. The van der Waals surface area contributed by atoms with E-state index in [-0.39, 0.29) is 5.91 Å². The van der Waals surface area contributed by atoms with Crippen molar-refractivity contribution in [1.29, 1.82) is 0 Å². The number of rotatable bonds is 5. The number of carbonyl (C=O) groups is 1. The molecule has 0 spiro atoms. The molecular formula is C16H18N2O3S2. The SMILES string of the molecule is CSc1ccccc1NC(=O)c1cccc(NS(C)(=O)=O)c1C. The maximum atomic E-state index is 12.5. The average Bonchev–Trinajstić information content (AvgIpc) is 2.48. The van der Waals surface area contributed by atoms with Gasteiger partial charge in [-0.25, -0.2) is 8.42 Å². The number of sulfonamides is 1. The Morgan fingerprint density at radius 1 is 1.04 bits per heavy atom. The van der Waals surface area contributed by atoms with Gasteiger partial charge in [-0.2, -0.15) is 0 Å². The molecule has 2 aromatic rings. The highest BCUT2D eigenvalue weighted by Gasteiger charge is 2.14. The van der Waals surface area contributed by atoms with Crippen molar-refractivity contribution in [2.45, 2.75) is 11.8 Å². The van der Waals surface area contributed by atoms with Crippen molar-refractivity contribution in [2.24, 2.45) is 0 Å². The third-order valence-corrected chi connectivity index (χ3v) is 4.62. The van der Waals surface area contributed by atoms with Crippen LogP contribution in [0.3, 0.4) is 0 Å². The monoisotopic (exact) mass is 350 g/mol. The molecule has 0 heterocycles. The quantitative estimate of drug-likeness (QED) is 0.811. The van der Waals surface area contributed by atoms with E-state index in [1.165, 1.54) is 0 Å². The highest BCUT2D eigenvalue weighted by atomic mass is 32.2. The smallest absolute Gasteiger partial charge is 0.256 e. The minimum atomic E-state index is -3.40. The Labute approximate surface area is 140 Å². The highest BCUT2D eigenvalue weighted by molar-refractivity contribution is 7.98.